The average Bonchev–Trinajstić information content (AvgIpc) is 3.12. The van der Waals surface area contributed by atoms with E-state index in [0.717, 1.165) is 16.1 Å². The van der Waals surface area contributed by atoms with Crippen molar-refractivity contribution < 1.29 is 17.2 Å². The summed E-state index contributed by atoms with van der Waals surface area (Å²) in [5.41, 5.74) is 1.07. The molecule has 0 radical (unpaired) electrons. The van der Waals surface area contributed by atoms with Crippen LogP contribution in [0.15, 0.2) is 41.3 Å². The van der Waals surface area contributed by atoms with Crippen LogP contribution in [0.25, 0.3) is 10.2 Å². The fourth-order valence-corrected chi connectivity index (χ4v) is 5.67. The van der Waals surface area contributed by atoms with E-state index in [2.05, 4.69) is 28.6 Å². The van der Waals surface area contributed by atoms with E-state index in [0.29, 0.717) is 30.8 Å². The minimum absolute atomic E-state index is 0.0918. The average molecular weight is 452 g/mol. The van der Waals surface area contributed by atoms with E-state index < -0.39 is 15.7 Å². The molecule has 0 amide bonds. The van der Waals surface area contributed by atoms with Gasteiger partial charge in [0.05, 0.1) is 10.7 Å². The largest absolute Gasteiger partial charge is 0.368 e. The lowest BCUT2D eigenvalue weighted by molar-refractivity contribution is 0.418. The molecule has 2 heterocycles. The quantitative estimate of drug-likeness (QED) is 0.591. The van der Waals surface area contributed by atoms with E-state index in [1.807, 2.05) is 6.07 Å². The van der Waals surface area contributed by atoms with Crippen LogP contribution in [-0.4, -0.2) is 45.3 Å². The molecule has 30 heavy (non-hydrogen) atoms. The normalized spacial score (nSPS) is 17.9. The first kappa shape index (κ1) is 21.0. The van der Waals surface area contributed by atoms with Gasteiger partial charge in [0.1, 0.15) is 22.0 Å². The van der Waals surface area contributed by atoms with Gasteiger partial charge in [-0.25, -0.2) is 22.2 Å². The number of halogens is 2. The van der Waals surface area contributed by atoms with Crippen molar-refractivity contribution in [3.05, 3.63) is 48.0 Å². The lowest BCUT2D eigenvalue weighted by atomic mass is 9.99. The number of nitrogens with zero attached hydrogens (tertiary/aromatic N) is 3. The van der Waals surface area contributed by atoms with Crippen LogP contribution >= 0.6 is 11.3 Å². The number of hydrogen-bond acceptors (Lipinski definition) is 6. The van der Waals surface area contributed by atoms with Gasteiger partial charge >= 0.3 is 0 Å². The van der Waals surface area contributed by atoms with Crippen LogP contribution in [-0.2, 0) is 9.84 Å². The summed E-state index contributed by atoms with van der Waals surface area (Å²) >= 11 is 1.47. The SMILES string of the molecule is CC(C)[C@@H]1CN(c2ccc(F)c(S(C)(=O)=O)c2)CCN1c1nc2c(F)cccc2s1. The predicted octanol–water partition coefficient (Wildman–Crippen LogP) is 4.33. The Morgan fingerprint density at radius 2 is 1.90 bits per heavy atom. The van der Waals surface area contributed by atoms with Crippen LogP contribution in [0.1, 0.15) is 13.8 Å². The zero-order valence-corrected chi connectivity index (χ0v) is 18.6. The van der Waals surface area contributed by atoms with Gasteiger partial charge in [0.15, 0.2) is 15.0 Å². The zero-order valence-electron chi connectivity index (χ0n) is 17.0. The molecule has 1 aliphatic rings. The molecule has 0 unspecified atom stereocenters. The van der Waals surface area contributed by atoms with Gasteiger partial charge in [0.2, 0.25) is 0 Å². The monoisotopic (exact) mass is 451 g/mol. The van der Waals surface area contributed by atoms with Crippen molar-refractivity contribution >= 4 is 42.2 Å². The Bertz CT molecular complexity index is 1190. The van der Waals surface area contributed by atoms with E-state index in [-0.39, 0.29) is 22.7 Å². The van der Waals surface area contributed by atoms with E-state index >= 15 is 0 Å². The molecule has 1 fully saturated rings. The number of benzene rings is 2. The maximum absolute atomic E-state index is 14.1. The van der Waals surface area contributed by atoms with Crippen molar-refractivity contribution in [2.45, 2.75) is 24.8 Å². The van der Waals surface area contributed by atoms with E-state index in [9.17, 15) is 17.2 Å². The van der Waals surface area contributed by atoms with Gasteiger partial charge in [-0.1, -0.05) is 31.3 Å². The zero-order chi connectivity index (χ0) is 21.6. The van der Waals surface area contributed by atoms with Crippen molar-refractivity contribution in [1.82, 2.24) is 4.98 Å². The highest BCUT2D eigenvalue weighted by Crippen LogP contribution is 2.35. The number of piperazine rings is 1. The number of hydrogen-bond donors (Lipinski definition) is 0. The third-order valence-electron chi connectivity index (χ3n) is 5.47. The highest BCUT2D eigenvalue weighted by Gasteiger charge is 2.32. The second-order valence-corrected chi connectivity index (χ2v) is 10.9. The minimum atomic E-state index is -3.65. The van der Waals surface area contributed by atoms with Crippen molar-refractivity contribution in [3.63, 3.8) is 0 Å². The summed E-state index contributed by atoms with van der Waals surface area (Å²) in [4.78, 5) is 8.53. The molecule has 160 valence electrons. The lowest BCUT2D eigenvalue weighted by Gasteiger charge is -2.44. The Labute approximate surface area is 178 Å². The number of anilines is 2. The Kier molecular flexibility index (Phi) is 5.44. The lowest BCUT2D eigenvalue weighted by Crippen LogP contribution is -2.55. The summed E-state index contributed by atoms with van der Waals surface area (Å²) in [6.45, 7) is 6.13. The molecule has 1 aliphatic heterocycles. The number of sulfone groups is 1. The molecule has 1 saturated heterocycles. The first-order valence-electron chi connectivity index (χ1n) is 9.71. The fraction of sp³-hybridized carbons (Fsp3) is 0.381. The number of fused-ring (bicyclic) bond motifs is 1. The van der Waals surface area contributed by atoms with Crippen LogP contribution < -0.4 is 9.80 Å². The molecule has 1 atom stereocenters. The summed E-state index contributed by atoms with van der Waals surface area (Å²) in [5.74, 6) is -0.786. The van der Waals surface area contributed by atoms with Crippen LogP contribution in [0, 0.1) is 17.6 Å². The highest BCUT2D eigenvalue weighted by molar-refractivity contribution is 7.90. The maximum Gasteiger partial charge on any atom is 0.186 e. The first-order valence-corrected chi connectivity index (χ1v) is 12.4. The third kappa shape index (κ3) is 3.88. The minimum Gasteiger partial charge on any atom is -0.368 e. The van der Waals surface area contributed by atoms with E-state index in [1.165, 1.54) is 29.5 Å². The summed E-state index contributed by atoms with van der Waals surface area (Å²) in [7, 11) is -3.65. The molecular formula is C21H23F2N3O2S2. The molecular weight excluding hydrogens is 428 g/mol. The number of para-hydroxylation sites is 1. The first-order chi connectivity index (χ1) is 14.1. The van der Waals surface area contributed by atoms with Crippen molar-refractivity contribution in [2.75, 3.05) is 35.7 Å². The number of aromatic nitrogens is 1. The molecule has 2 aromatic carbocycles. The summed E-state index contributed by atoms with van der Waals surface area (Å²) < 4.78 is 52.7. The van der Waals surface area contributed by atoms with Gasteiger partial charge in [-0.3, -0.25) is 0 Å². The smallest absolute Gasteiger partial charge is 0.186 e. The molecule has 0 bridgehead atoms. The van der Waals surface area contributed by atoms with Gasteiger partial charge in [0, 0.05) is 31.6 Å². The Morgan fingerprint density at radius 1 is 1.13 bits per heavy atom. The van der Waals surface area contributed by atoms with Crippen molar-refractivity contribution in [2.24, 2.45) is 5.92 Å². The molecule has 9 heteroatoms. The molecule has 0 N–H and O–H groups in total. The van der Waals surface area contributed by atoms with Crippen LogP contribution in [0.2, 0.25) is 0 Å². The molecule has 4 rings (SSSR count). The Morgan fingerprint density at radius 3 is 2.57 bits per heavy atom. The molecule has 0 saturated carbocycles. The van der Waals surface area contributed by atoms with E-state index in [4.69, 9.17) is 0 Å². The van der Waals surface area contributed by atoms with Gasteiger partial charge in [-0.2, -0.15) is 0 Å². The Hall–Kier alpha value is -2.26. The van der Waals surface area contributed by atoms with Gasteiger partial charge in [0.25, 0.3) is 0 Å². The summed E-state index contributed by atoms with van der Waals surface area (Å²) in [6.07, 6.45) is 1.01. The van der Waals surface area contributed by atoms with Gasteiger partial charge in [-0.05, 0) is 36.2 Å². The standard InChI is InChI=1S/C21H23F2N3O2S2/c1-13(2)17-12-25(14-7-8-15(22)19(11-14)30(3,27)28)9-10-26(17)21-24-20-16(23)5-4-6-18(20)29-21/h4-8,11,13,17H,9-10,12H2,1-3H3/t17-/m0/s1. The van der Waals surface area contributed by atoms with Crippen molar-refractivity contribution in [3.8, 4) is 0 Å². The number of rotatable bonds is 4. The Balaban J connectivity index is 1.65. The molecule has 0 spiro atoms. The summed E-state index contributed by atoms with van der Waals surface area (Å²) in [6, 6.07) is 9.29. The highest BCUT2D eigenvalue weighted by atomic mass is 32.2. The molecule has 1 aromatic heterocycles. The molecule has 0 aliphatic carbocycles. The third-order valence-corrected chi connectivity index (χ3v) is 7.64. The fourth-order valence-electron chi connectivity index (χ4n) is 3.85. The molecule has 5 nitrogen and oxygen atoms in total. The van der Waals surface area contributed by atoms with Crippen molar-refractivity contribution in [1.29, 1.82) is 0 Å². The summed E-state index contributed by atoms with van der Waals surface area (Å²) in [5, 5.41) is 0.782. The van der Waals surface area contributed by atoms with E-state index in [1.54, 1.807) is 12.1 Å². The second kappa shape index (κ2) is 7.77. The maximum atomic E-state index is 14.1. The second-order valence-electron chi connectivity index (χ2n) is 7.92. The van der Waals surface area contributed by atoms with Crippen LogP contribution in [0.5, 0.6) is 0 Å². The topological polar surface area (TPSA) is 53.5 Å². The van der Waals surface area contributed by atoms with Gasteiger partial charge < -0.3 is 9.80 Å². The number of thiazole rings is 1. The van der Waals surface area contributed by atoms with Crippen LogP contribution in [0.4, 0.5) is 19.6 Å². The van der Waals surface area contributed by atoms with Gasteiger partial charge in [-0.15, -0.1) is 0 Å². The van der Waals surface area contributed by atoms with Crippen LogP contribution in [0.3, 0.4) is 0 Å². The predicted molar refractivity (Wildman–Crippen MR) is 117 cm³/mol. The molecule has 3 aromatic rings.